The van der Waals surface area contributed by atoms with Gasteiger partial charge < -0.3 is 15.0 Å². The molecule has 1 aliphatic heterocycles. The van der Waals surface area contributed by atoms with E-state index in [9.17, 15) is 4.79 Å². The summed E-state index contributed by atoms with van der Waals surface area (Å²) in [4.78, 5) is 19.1. The number of carbonyl (C=O) groups is 1. The summed E-state index contributed by atoms with van der Waals surface area (Å²) in [5.74, 6) is -0.00597. The van der Waals surface area contributed by atoms with Gasteiger partial charge in [0.2, 0.25) is 0 Å². The van der Waals surface area contributed by atoms with E-state index < -0.39 is 0 Å². The molecule has 1 saturated heterocycles. The Bertz CT molecular complexity index is 1070. The maximum Gasteiger partial charge on any atom is 0.251 e. The monoisotopic (exact) mass is 403 g/mol. The number of morpholine rings is 1. The maximum atomic E-state index is 12.5. The highest BCUT2D eigenvalue weighted by Gasteiger charge is 2.24. The van der Waals surface area contributed by atoms with Crippen molar-refractivity contribution in [3.8, 4) is 16.8 Å². The molecule has 3 heterocycles. The van der Waals surface area contributed by atoms with Crippen molar-refractivity contribution in [1.29, 1.82) is 0 Å². The molecule has 2 aliphatic rings. The Kier molecular flexibility index (Phi) is 4.96. The summed E-state index contributed by atoms with van der Waals surface area (Å²) in [7, 11) is 0. The smallest absolute Gasteiger partial charge is 0.251 e. The molecule has 2 fully saturated rings. The van der Waals surface area contributed by atoms with Crippen molar-refractivity contribution in [2.45, 2.75) is 25.8 Å². The van der Waals surface area contributed by atoms with E-state index in [2.05, 4.69) is 33.3 Å². The lowest BCUT2D eigenvalue weighted by Crippen LogP contribution is -2.36. The minimum absolute atomic E-state index is 0.00597. The lowest BCUT2D eigenvalue weighted by Gasteiger charge is -2.28. The normalized spacial score (nSPS) is 16.5. The fourth-order valence-electron chi connectivity index (χ4n) is 3.71. The zero-order valence-electron chi connectivity index (χ0n) is 17.0. The Morgan fingerprint density at radius 3 is 2.70 bits per heavy atom. The molecule has 2 aromatic heterocycles. The number of benzene rings is 1. The number of pyridine rings is 1. The second-order valence-corrected chi connectivity index (χ2v) is 7.95. The first-order valence-electron chi connectivity index (χ1n) is 10.4. The fourth-order valence-corrected chi connectivity index (χ4v) is 3.71. The van der Waals surface area contributed by atoms with Gasteiger partial charge in [0.25, 0.3) is 5.91 Å². The molecule has 0 spiro atoms. The number of aromatic nitrogens is 3. The van der Waals surface area contributed by atoms with Crippen molar-refractivity contribution < 1.29 is 9.53 Å². The average molecular weight is 403 g/mol. The van der Waals surface area contributed by atoms with Crippen LogP contribution >= 0.6 is 0 Å². The molecule has 0 atom stereocenters. The predicted octanol–water partition coefficient (Wildman–Crippen LogP) is 2.97. The molecular formula is C23H25N5O2. The van der Waals surface area contributed by atoms with Gasteiger partial charge in [-0.15, -0.1) is 0 Å². The number of ether oxygens (including phenoxy) is 1. The summed E-state index contributed by atoms with van der Waals surface area (Å²) in [6.45, 7) is 5.25. The molecule has 1 aromatic carbocycles. The van der Waals surface area contributed by atoms with E-state index in [0.29, 0.717) is 11.6 Å². The van der Waals surface area contributed by atoms with Crippen LogP contribution in [0.4, 0.5) is 5.69 Å². The molecule has 5 rings (SSSR count). The highest BCUT2D eigenvalue weighted by atomic mass is 16.5. The van der Waals surface area contributed by atoms with E-state index in [-0.39, 0.29) is 5.91 Å². The van der Waals surface area contributed by atoms with Crippen LogP contribution in [0.3, 0.4) is 0 Å². The lowest BCUT2D eigenvalue weighted by molar-refractivity contribution is 0.0951. The van der Waals surface area contributed by atoms with Crippen molar-refractivity contribution in [3.63, 3.8) is 0 Å². The van der Waals surface area contributed by atoms with Crippen molar-refractivity contribution in [2.75, 3.05) is 31.2 Å². The van der Waals surface area contributed by atoms with Crippen LogP contribution in [-0.4, -0.2) is 53.0 Å². The summed E-state index contributed by atoms with van der Waals surface area (Å²) < 4.78 is 7.28. The molecule has 1 amide bonds. The van der Waals surface area contributed by atoms with Gasteiger partial charge in [0.1, 0.15) is 0 Å². The van der Waals surface area contributed by atoms with Gasteiger partial charge in [0.15, 0.2) is 0 Å². The first-order chi connectivity index (χ1) is 14.7. The second-order valence-electron chi connectivity index (χ2n) is 7.95. The SMILES string of the molecule is Cc1ccc(C(=O)NC2CC2)cc1-c1cnn(-c2cncc(N3CCOCC3)c2)c1. The van der Waals surface area contributed by atoms with E-state index in [0.717, 1.165) is 67.2 Å². The van der Waals surface area contributed by atoms with E-state index in [4.69, 9.17) is 4.74 Å². The zero-order valence-corrected chi connectivity index (χ0v) is 17.0. The van der Waals surface area contributed by atoms with Crippen LogP contribution in [0.1, 0.15) is 28.8 Å². The second kappa shape index (κ2) is 7.91. The topological polar surface area (TPSA) is 72.3 Å². The molecule has 154 valence electrons. The van der Waals surface area contributed by atoms with Crippen LogP contribution < -0.4 is 10.2 Å². The van der Waals surface area contributed by atoms with Crippen LogP contribution in [0.25, 0.3) is 16.8 Å². The Balaban J connectivity index is 1.41. The summed E-state index contributed by atoms with van der Waals surface area (Å²) in [6.07, 6.45) is 9.68. The number of amides is 1. The molecule has 1 N–H and O–H groups in total. The van der Waals surface area contributed by atoms with E-state index in [1.54, 1.807) is 0 Å². The molecule has 3 aromatic rings. The fraction of sp³-hybridized carbons (Fsp3) is 0.348. The number of carbonyl (C=O) groups excluding carboxylic acids is 1. The van der Waals surface area contributed by atoms with Crippen LogP contribution in [0.2, 0.25) is 0 Å². The summed E-state index contributed by atoms with van der Waals surface area (Å²) >= 11 is 0. The van der Waals surface area contributed by atoms with Gasteiger partial charge in [-0.2, -0.15) is 5.10 Å². The van der Waals surface area contributed by atoms with Crippen molar-refractivity contribution in [1.82, 2.24) is 20.1 Å². The molecular weight excluding hydrogens is 378 g/mol. The largest absolute Gasteiger partial charge is 0.378 e. The number of nitrogens with one attached hydrogen (secondary N) is 1. The molecule has 1 saturated carbocycles. The standard InChI is InChI=1S/C23H25N5O2/c1-16-2-3-17(23(29)26-19-4-5-19)10-22(16)18-12-25-28(15-18)21-11-20(13-24-14-21)27-6-8-30-9-7-27/h2-3,10-15,19H,4-9H2,1H3,(H,26,29). The number of hydrogen-bond donors (Lipinski definition) is 1. The number of hydrogen-bond acceptors (Lipinski definition) is 5. The van der Waals surface area contributed by atoms with Gasteiger partial charge in [-0.05, 0) is 49.1 Å². The number of nitrogens with zero attached hydrogens (tertiary/aromatic N) is 4. The number of anilines is 1. The minimum Gasteiger partial charge on any atom is -0.378 e. The van der Waals surface area contributed by atoms with Gasteiger partial charge in [0, 0.05) is 36.5 Å². The number of aryl methyl sites for hydroxylation is 1. The van der Waals surface area contributed by atoms with Gasteiger partial charge in [0.05, 0.1) is 43.2 Å². The Hall–Kier alpha value is -3.19. The first-order valence-corrected chi connectivity index (χ1v) is 10.4. The first kappa shape index (κ1) is 18.8. The van der Waals surface area contributed by atoms with E-state index in [1.807, 2.05) is 47.7 Å². The van der Waals surface area contributed by atoms with Gasteiger partial charge in [-0.3, -0.25) is 9.78 Å². The molecule has 7 heteroatoms. The minimum atomic E-state index is -0.00597. The highest BCUT2D eigenvalue weighted by Crippen LogP contribution is 2.27. The summed E-state index contributed by atoms with van der Waals surface area (Å²) in [5, 5.41) is 7.61. The lowest BCUT2D eigenvalue weighted by atomic mass is 10.0. The Morgan fingerprint density at radius 1 is 1.10 bits per heavy atom. The van der Waals surface area contributed by atoms with Gasteiger partial charge in [-0.1, -0.05) is 6.07 Å². The molecule has 0 bridgehead atoms. The van der Waals surface area contributed by atoms with E-state index in [1.165, 1.54) is 0 Å². The zero-order chi connectivity index (χ0) is 20.5. The summed E-state index contributed by atoms with van der Waals surface area (Å²) in [6, 6.07) is 8.28. The molecule has 0 unspecified atom stereocenters. The third-order valence-corrected chi connectivity index (χ3v) is 5.66. The van der Waals surface area contributed by atoms with Crippen LogP contribution in [0.15, 0.2) is 49.1 Å². The van der Waals surface area contributed by atoms with Crippen molar-refractivity contribution in [2.24, 2.45) is 0 Å². The molecule has 1 aliphatic carbocycles. The average Bonchev–Trinajstić information content (AvgIpc) is 3.46. The third kappa shape index (κ3) is 3.93. The quantitative estimate of drug-likeness (QED) is 0.709. The van der Waals surface area contributed by atoms with Crippen LogP contribution in [-0.2, 0) is 4.74 Å². The summed E-state index contributed by atoms with van der Waals surface area (Å²) in [5.41, 5.74) is 5.77. The Morgan fingerprint density at radius 2 is 1.90 bits per heavy atom. The molecule has 30 heavy (non-hydrogen) atoms. The van der Waals surface area contributed by atoms with E-state index >= 15 is 0 Å². The Labute approximate surface area is 175 Å². The van der Waals surface area contributed by atoms with Crippen molar-refractivity contribution >= 4 is 11.6 Å². The maximum absolute atomic E-state index is 12.5. The van der Waals surface area contributed by atoms with Crippen LogP contribution in [0.5, 0.6) is 0 Å². The number of rotatable bonds is 5. The molecule has 7 nitrogen and oxygen atoms in total. The van der Waals surface area contributed by atoms with Crippen molar-refractivity contribution in [3.05, 3.63) is 60.2 Å². The van der Waals surface area contributed by atoms with Crippen LogP contribution in [0, 0.1) is 6.92 Å². The molecule has 0 radical (unpaired) electrons. The van der Waals surface area contributed by atoms with Gasteiger partial charge >= 0.3 is 0 Å². The highest BCUT2D eigenvalue weighted by molar-refractivity contribution is 5.96. The van der Waals surface area contributed by atoms with Gasteiger partial charge in [-0.25, -0.2) is 4.68 Å². The predicted molar refractivity (Wildman–Crippen MR) is 115 cm³/mol. The third-order valence-electron chi connectivity index (χ3n) is 5.66.